The van der Waals surface area contributed by atoms with E-state index in [1.807, 2.05) is 12.4 Å². The van der Waals surface area contributed by atoms with Gasteiger partial charge in [0, 0.05) is 30.1 Å². The van der Waals surface area contributed by atoms with Crippen molar-refractivity contribution in [2.75, 3.05) is 4.90 Å². The number of benzene rings is 1. The van der Waals surface area contributed by atoms with Crippen LogP contribution in [0.2, 0.25) is 0 Å². The van der Waals surface area contributed by atoms with E-state index in [0.717, 1.165) is 10.6 Å². The zero-order valence-electron chi connectivity index (χ0n) is 8.37. The number of fused-ring (bicyclic) bond motifs is 1. The highest BCUT2D eigenvalue weighted by molar-refractivity contribution is 7.98. The van der Waals surface area contributed by atoms with Crippen LogP contribution in [0.3, 0.4) is 0 Å². The second kappa shape index (κ2) is 3.48. The predicted molar refractivity (Wildman–Crippen MR) is 62.9 cm³/mol. The standard InChI is InChI=1S/C10H9N3O2S/c14-13(15)8-3-4-9-10(5-8)16-11-6-12(9)7-1-2-7/h3-7H,1-2H2. The largest absolute Gasteiger partial charge is 0.328 e. The van der Waals surface area contributed by atoms with Gasteiger partial charge in [0.25, 0.3) is 5.69 Å². The third-order valence-electron chi connectivity index (χ3n) is 2.70. The van der Waals surface area contributed by atoms with Gasteiger partial charge < -0.3 is 4.90 Å². The number of nitro benzene ring substituents is 1. The minimum Gasteiger partial charge on any atom is -0.328 e. The first kappa shape index (κ1) is 9.65. The summed E-state index contributed by atoms with van der Waals surface area (Å²) in [6.45, 7) is 0. The number of rotatable bonds is 2. The van der Waals surface area contributed by atoms with Gasteiger partial charge in [-0.05, 0) is 18.9 Å². The van der Waals surface area contributed by atoms with Crippen LogP contribution in [0.5, 0.6) is 0 Å². The van der Waals surface area contributed by atoms with Crippen molar-refractivity contribution < 1.29 is 4.92 Å². The van der Waals surface area contributed by atoms with Crippen LogP contribution >= 0.6 is 11.9 Å². The highest BCUT2D eigenvalue weighted by Gasteiger charge is 2.31. The summed E-state index contributed by atoms with van der Waals surface area (Å²) < 4.78 is 4.16. The second-order valence-corrected chi connectivity index (χ2v) is 4.69. The highest BCUT2D eigenvalue weighted by atomic mass is 32.2. The average Bonchev–Trinajstić information content (AvgIpc) is 3.11. The maximum Gasteiger partial charge on any atom is 0.270 e. The summed E-state index contributed by atoms with van der Waals surface area (Å²) in [5, 5.41) is 10.7. The van der Waals surface area contributed by atoms with Gasteiger partial charge >= 0.3 is 0 Å². The van der Waals surface area contributed by atoms with Crippen molar-refractivity contribution in [1.29, 1.82) is 0 Å². The van der Waals surface area contributed by atoms with Gasteiger partial charge in [0.2, 0.25) is 0 Å². The Balaban J connectivity index is 2.01. The Bertz CT molecular complexity index is 485. The van der Waals surface area contributed by atoms with E-state index in [-0.39, 0.29) is 10.6 Å². The fraction of sp³-hybridized carbons (Fsp3) is 0.300. The molecule has 1 aliphatic carbocycles. The van der Waals surface area contributed by atoms with Gasteiger partial charge in [-0.15, -0.1) is 0 Å². The quantitative estimate of drug-likeness (QED) is 0.449. The molecular formula is C10H9N3O2S. The summed E-state index contributed by atoms with van der Waals surface area (Å²) in [6, 6.07) is 5.48. The Morgan fingerprint density at radius 1 is 1.50 bits per heavy atom. The number of nitro groups is 1. The van der Waals surface area contributed by atoms with Crippen LogP contribution in [0.25, 0.3) is 0 Å². The molecule has 0 amide bonds. The van der Waals surface area contributed by atoms with E-state index in [9.17, 15) is 10.1 Å². The number of anilines is 1. The van der Waals surface area contributed by atoms with E-state index in [1.54, 1.807) is 12.1 Å². The van der Waals surface area contributed by atoms with Crippen molar-refractivity contribution in [3.05, 3.63) is 28.3 Å². The van der Waals surface area contributed by atoms with Gasteiger partial charge in [-0.1, -0.05) is 0 Å². The predicted octanol–water partition coefficient (Wildman–Crippen LogP) is 2.61. The summed E-state index contributed by atoms with van der Waals surface area (Å²) >= 11 is 1.29. The lowest BCUT2D eigenvalue weighted by atomic mass is 10.2. The zero-order chi connectivity index (χ0) is 11.1. The molecule has 1 saturated carbocycles. The number of hydrogen-bond donors (Lipinski definition) is 0. The van der Waals surface area contributed by atoms with Crippen LogP contribution in [0.15, 0.2) is 27.5 Å². The molecule has 0 aromatic heterocycles. The molecular weight excluding hydrogens is 226 g/mol. The number of hydrogen-bond acceptors (Lipinski definition) is 5. The lowest BCUT2D eigenvalue weighted by molar-refractivity contribution is -0.385. The normalized spacial score (nSPS) is 18.4. The van der Waals surface area contributed by atoms with E-state index in [0.29, 0.717) is 6.04 Å². The monoisotopic (exact) mass is 235 g/mol. The molecule has 5 nitrogen and oxygen atoms in total. The Morgan fingerprint density at radius 3 is 3.00 bits per heavy atom. The topological polar surface area (TPSA) is 58.7 Å². The molecule has 16 heavy (non-hydrogen) atoms. The smallest absolute Gasteiger partial charge is 0.270 e. The van der Waals surface area contributed by atoms with Crippen molar-refractivity contribution in [3.8, 4) is 0 Å². The zero-order valence-corrected chi connectivity index (χ0v) is 9.18. The summed E-state index contributed by atoms with van der Waals surface area (Å²) in [6.07, 6.45) is 4.16. The highest BCUT2D eigenvalue weighted by Crippen LogP contribution is 2.41. The molecule has 1 aromatic carbocycles. The first-order chi connectivity index (χ1) is 7.75. The molecule has 1 aromatic rings. The molecule has 0 radical (unpaired) electrons. The van der Waals surface area contributed by atoms with Gasteiger partial charge in [0.1, 0.15) is 6.34 Å². The third kappa shape index (κ3) is 1.55. The van der Waals surface area contributed by atoms with Crippen molar-refractivity contribution >= 4 is 29.7 Å². The molecule has 1 heterocycles. The average molecular weight is 235 g/mol. The Morgan fingerprint density at radius 2 is 2.31 bits per heavy atom. The van der Waals surface area contributed by atoms with E-state index in [2.05, 4.69) is 9.30 Å². The van der Waals surface area contributed by atoms with Crippen LogP contribution in [-0.4, -0.2) is 17.3 Å². The van der Waals surface area contributed by atoms with E-state index >= 15 is 0 Å². The molecule has 0 N–H and O–H groups in total. The minimum absolute atomic E-state index is 0.124. The van der Waals surface area contributed by atoms with Gasteiger partial charge in [-0.2, -0.15) is 0 Å². The fourth-order valence-corrected chi connectivity index (χ4v) is 2.44. The Hall–Kier alpha value is -1.56. The summed E-state index contributed by atoms with van der Waals surface area (Å²) in [5.41, 5.74) is 1.16. The van der Waals surface area contributed by atoms with Crippen molar-refractivity contribution in [2.24, 2.45) is 4.40 Å². The Labute approximate surface area is 96.4 Å². The van der Waals surface area contributed by atoms with Crippen molar-refractivity contribution in [2.45, 2.75) is 23.8 Å². The second-order valence-electron chi connectivity index (χ2n) is 3.86. The van der Waals surface area contributed by atoms with Gasteiger partial charge in [0.05, 0.1) is 15.5 Å². The molecule has 0 saturated heterocycles. The first-order valence-corrected chi connectivity index (χ1v) is 5.80. The van der Waals surface area contributed by atoms with Crippen molar-refractivity contribution in [1.82, 2.24) is 0 Å². The molecule has 82 valence electrons. The van der Waals surface area contributed by atoms with Gasteiger partial charge in [-0.3, -0.25) is 10.1 Å². The van der Waals surface area contributed by atoms with Crippen LogP contribution < -0.4 is 4.90 Å². The molecule has 0 atom stereocenters. The van der Waals surface area contributed by atoms with Crippen molar-refractivity contribution in [3.63, 3.8) is 0 Å². The van der Waals surface area contributed by atoms with Gasteiger partial charge in [-0.25, -0.2) is 4.40 Å². The maximum absolute atomic E-state index is 10.7. The molecule has 2 aliphatic rings. The third-order valence-corrected chi connectivity index (χ3v) is 3.42. The maximum atomic E-state index is 10.7. The van der Waals surface area contributed by atoms with Crippen LogP contribution in [-0.2, 0) is 0 Å². The molecule has 3 rings (SSSR count). The minimum atomic E-state index is -0.374. The van der Waals surface area contributed by atoms with Crippen LogP contribution in [0.4, 0.5) is 11.4 Å². The number of non-ortho nitro benzene ring substituents is 1. The first-order valence-electron chi connectivity index (χ1n) is 5.03. The summed E-state index contributed by atoms with van der Waals surface area (Å²) in [4.78, 5) is 13.3. The van der Waals surface area contributed by atoms with E-state index in [1.165, 1.54) is 24.8 Å². The lowest BCUT2D eigenvalue weighted by Crippen LogP contribution is -2.25. The van der Waals surface area contributed by atoms with E-state index in [4.69, 9.17) is 0 Å². The van der Waals surface area contributed by atoms with Crippen LogP contribution in [0, 0.1) is 10.1 Å². The Kier molecular flexibility index (Phi) is 2.10. The SMILES string of the molecule is O=[N+]([O-])c1ccc2c(c1)SN=CN2C1CC1. The number of nitrogens with zero attached hydrogens (tertiary/aromatic N) is 3. The summed E-state index contributed by atoms with van der Waals surface area (Å²) in [7, 11) is 0. The van der Waals surface area contributed by atoms with E-state index < -0.39 is 0 Å². The molecule has 0 bridgehead atoms. The molecule has 6 heteroatoms. The summed E-state index contributed by atoms with van der Waals surface area (Å²) in [5.74, 6) is 0. The molecule has 0 unspecified atom stereocenters. The lowest BCUT2D eigenvalue weighted by Gasteiger charge is -2.24. The molecule has 1 fully saturated rings. The fourth-order valence-electron chi connectivity index (χ4n) is 1.74. The van der Waals surface area contributed by atoms with Crippen LogP contribution in [0.1, 0.15) is 12.8 Å². The van der Waals surface area contributed by atoms with Gasteiger partial charge in [0.15, 0.2) is 0 Å². The molecule has 0 spiro atoms. The molecule has 1 aliphatic heterocycles.